The molecule has 2 aliphatic heterocycles. The molecule has 0 aromatic heterocycles. The van der Waals surface area contributed by atoms with Crippen LogP contribution in [0.4, 0.5) is 0 Å². The molecular formula is C28H49NO10. The molecule has 2 aliphatic rings. The zero-order valence-corrected chi connectivity index (χ0v) is 24.6. The first-order valence-corrected chi connectivity index (χ1v) is 13.8. The van der Waals surface area contributed by atoms with Gasteiger partial charge in [-0.25, -0.2) is 0 Å². The minimum absolute atomic E-state index is 0.0420. The molecule has 39 heavy (non-hydrogen) atoms. The highest BCUT2D eigenvalue weighted by Gasteiger charge is 2.50. The summed E-state index contributed by atoms with van der Waals surface area (Å²) in [6.45, 7) is 13.0. The lowest BCUT2D eigenvalue weighted by atomic mass is 9.73. The van der Waals surface area contributed by atoms with Crippen LogP contribution in [0.2, 0.25) is 0 Å². The summed E-state index contributed by atoms with van der Waals surface area (Å²) in [6, 6.07) is 0. The van der Waals surface area contributed by atoms with Crippen molar-refractivity contribution in [2.24, 2.45) is 28.8 Å². The third kappa shape index (κ3) is 7.58. The summed E-state index contributed by atoms with van der Waals surface area (Å²) in [4.78, 5) is 18.2. The number of oxime groups is 1. The van der Waals surface area contributed by atoms with Crippen LogP contribution in [0.3, 0.4) is 0 Å². The molecule has 0 aliphatic carbocycles. The molecule has 0 spiro atoms. The fourth-order valence-electron chi connectivity index (χ4n) is 5.86. The van der Waals surface area contributed by atoms with Crippen LogP contribution in [0.5, 0.6) is 0 Å². The van der Waals surface area contributed by atoms with Crippen LogP contribution in [0.15, 0.2) is 17.3 Å². The van der Waals surface area contributed by atoms with Gasteiger partial charge in [-0.1, -0.05) is 45.0 Å². The zero-order valence-electron chi connectivity index (χ0n) is 24.6. The number of cyclic esters (lactones) is 1. The van der Waals surface area contributed by atoms with E-state index in [4.69, 9.17) is 19.0 Å². The molecule has 2 rings (SSSR count). The highest BCUT2D eigenvalue weighted by molar-refractivity contribution is 5.88. The molecule has 0 radical (unpaired) electrons. The SMILES string of the molecule is CC[C@H]1OC(=O)[C@H](C)[C@@H](O)[C@H](C)[C@@H](O[C@@H]2O[C@H](C)C=C[C@H]2O)C(C)(O)C[C@@H](C)C(=NOC)[C@H](C)[C@@H](O)[C@]1(C)O. The Kier molecular flexibility index (Phi) is 11.5. The molecule has 0 aromatic rings. The summed E-state index contributed by atoms with van der Waals surface area (Å²) in [5.74, 6) is -3.92. The quantitative estimate of drug-likeness (QED) is 0.194. The van der Waals surface area contributed by atoms with Crippen LogP contribution < -0.4 is 0 Å². The molecule has 226 valence electrons. The monoisotopic (exact) mass is 559 g/mol. The van der Waals surface area contributed by atoms with Crippen LogP contribution in [-0.2, 0) is 23.8 Å². The van der Waals surface area contributed by atoms with Crippen molar-refractivity contribution in [2.45, 2.75) is 122 Å². The summed E-state index contributed by atoms with van der Waals surface area (Å²) in [7, 11) is 1.36. The Balaban J connectivity index is 2.61. The zero-order chi connectivity index (χ0) is 29.9. The molecule has 5 N–H and O–H groups in total. The summed E-state index contributed by atoms with van der Waals surface area (Å²) < 4.78 is 17.6. The van der Waals surface area contributed by atoms with E-state index in [1.165, 1.54) is 27.9 Å². The number of aliphatic hydroxyl groups is 5. The van der Waals surface area contributed by atoms with Gasteiger partial charge >= 0.3 is 5.97 Å². The molecule has 11 nitrogen and oxygen atoms in total. The Bertz CT molecular complexity index is 874. The third-order valence-corrected chi connectivity index (χ3v) is 8.24. The second kappa shape index (κ2) is 13.4. The van der Waals surface area contributed by atoms with Crippen molar-refractivity contribution in [3.63, 3.8) is 0 Å². The number of rotatable bonds is 4. The molecule has 2 heterocycles. The minimum atomic E-state index is -1.86. The predicted molar refractivity (Wildman–Crippen MR) is 144 cm³/mol. The fraction of sp³-hybridized carbons (Fsp3) is 0.857. The predicted octanol–water partition coefficient (Wildman–Crippen LogP) is 1.53. The second-order valence-electron chi connectivity index (χ2n) is 11.7. The highest BCUT2D eigenvalue weighted by atomic mass is 16.7. The normalized spacial score (nSPS) is 47.9. The Morgan fingerprint density at radius 3 is 2.23 bits per heavy atom. The molecule has 0 saturated carbocycles. The maximum Gasteiger partial charge on any atom is 0.311 e. The average Bonchev–Trinajstić information content (AvgIpc) is 2.87. The van der Waals surface area contributed by atoms with Crippen molar-refractivity contribution in [1.82, 2.24) is 0 Å². The lowest BCUT2D eigenvalue weighted by Gasteiger charge is -2.45. The van der Waals surface area contributed by atoms with E-state index in [0.717, 1.165) is 0 Å². The van der Waals surface area contributed by atoms with Gasteiger partial charge in [-0.2, -0.15) is 0 Å². The van der Waals surface area contributed by atoms with Crippen LogP contribution >= 0.6 is 0 Å². The van der Waals surface area contributed by atoms with E-state index in [9.17, 15) is 30.3 Å². The molecule has 13 atom stereocenters. The Labute approximate surface area is 231 Å². The van der Waals surface area contributed by atoms with Crippen molar-refractivity contribution in [3.8, 4) is 0 Å². The number of esters is 1. The fourth-order valence-corrected chi connectivity index (χ4v) is 5.86. The van der Waals surface area contributed by atoms with Gasteiger partial charge in [0.2, 0.25) is 0 Å². The summed E-state index contributed by atoms with van der Waals surface area (Å²) in [6.07, 6.45) is -4.04. The third-order valence-electron chi connectivity index (χ3n) is 8.24. The summed E-state index contributed by atoms with van der Waals surface area (Å²) in [5.41, 5.74) is -3.13. The first kappa shape index (κ1) is 33.6. The Hall–Kier alpha value is -1.60. The lowest BCUT2D eigenvalue weighted by Crippen LogP contribution is -2.58. The van der Waals surface area contributed by atoms with Gasteiger partial charge in [0.25, 0.3) is 0 Å². The first-order chi connectivity index (χ1) is 18.0. The van der Waals surface area contributed by atoms with Crippen molar-refractivity contribution in [2.75, 3.05) is 7.11 Å². The number of carbonyl (C=O) groups excluding carboxylic acids is 1. The van der Waals surface area contributed by atoms with Gasteiger partial charge in [0.15, 0.2) is 6.29 Å². The molecule has 1 unspecified atom stereocenters. The molecule has 11 heteroatoms. The molecule has 1 fully saturated rings. The number of hydrogen-bond acceptors (Lipinski definition) is 11. The first-order valence-electron chi connectivity index (χ1n) is 13.8. The van der Waals surface area contributed by atoms with Crippen LogP contribution in [-0.4, -0.2) is 98.4 Å². The number of carbonyl (C=O) groups is 1. The van der Waals surface area contributed by atoms with E-state index in [1.54, 1.807) is 46.8 Å². The van der Waals surface area contributed by atoms with Gasteiger partial charge in [-0.05, 0) is 40.5 Å². The van der Waals surface area contributed by atoms with Crippen LogP contribution in [0, 0.1) is 23.7 Å². The van der Waals surface area contributed by atoms with Gasteiger partial charge < -0.3 is 44.6 Å². The summed E-state index contributed by atoms with van der Waals surface area (Å²) >= 11 is 0. The molecule has 0 bridgehead atoms. The minimum Gasteiger partial charge on any atom is -0.459 e. The maximum absolute atomic E-state index is 13.2. The smallest absolute Gasteiger partial charge is 0.311 e. The van der Waals surface area contributed by atoms with Crippen molar-refractivity contribution < 1.29 is 49.4 Å². The average molecular weight is 560 g/mol. The Morgan fingerprint density at radius 2 is 1.67 bits per heavy atom. The van der Waals surface area contributed by atoms with Crippen molar-refractivity contribution >= 4 is 11.7 Å². The van der Waals surface area contributed by atoms with E-state index in [2.05, 4.69) is 5.16 Å². The topological polar surface area (TPSA) is 168 Å². The van der Waals surface area contributed by atoms with Crippen LogP contribution in [0.25, 0.3) is 0 Å². The van der Waals surface area contributed by atoms with E-state index in [-0.39, 0.29) is 18.9 Å². The van der Waals surface area contributed by atoms with E-state index in [1.807, 2.05) is 0 Å². The number of aliphatic hydroxyl groups excluding tert-OH is 3. The number of nitrogens with zero attached hydrogens (tertiary/aromatic N) is 1. The molecule has 1 saturated heterocycles. The van der Waals surface area contributed by atoms with Gasteiger partial charge in [0.05, 0.1) is 41.6 Å². The van der Waals surface area contributed by atoms with Crippen LogP contribution in [0.1, 0.15) is 68.2 Å². The standard InChI is InChI=1S/C28H49NO10/c1-10-20-28(8,35)23(32)16(4)21(29-36-9)14(2)13-27(7,34)24(17(5)22(31)18(6)25(33)38-20)39-26-19(30)12-11-15(3)37-26/h11-12,14-20,22-24,26,30-32,34-35H,10,13H2,1-9H3/t14-,15-,16+,17+,18-,19-,20-,22+,23-,24-,26+,27?,28-/m1/s1. The van der Waals surface area contributed by atoms with E-state index in [0.29, 0.717) is 5.71 Å². The van der Waals surface area contributed by atoms with Gasteiger partial charge in [-0.15, -0.1) is 0 Å². The Morgan fingerprint density at radius 1 is 1.05 bits per heavy atom. The van der Waals surface area contributed by atoms with E-state index >= 15 is 0 Å². The van der Waals surface area contributed by atoms with E-state index < -0.39 is 77.7 Å². The number of hydrogen-bond donors (Lipinski definition) is 5. The second-order valence-corrected chi connectivity index (χ2v) is 11.7. The lowest BCUT2D eigenvalue weighted by molar-refractivity contribution is -0.268. The van der Waals surface area contributed by atoms with Gasteiger partial charge in [0, 0.05) is 17.8 Å². The molecular weight excluding hydrogens is 510 g/mol. The largest absolute Gasteiger partial charge is 0.459 e. The molecule has 0 amide bonds. The number of ether oxygens (including phenoxy) is 3. The van der Waals surface area contributed by atoms with Gasteiger partial charge in [-0.3, -0.25) is 4.79 Å². The summed E-state index contributed by atoms with van der Waals surface area (Å²) in [5, 5.41) is 60.4. The van der Waals surface area contributed by atoms with Crippen molar-refractivity contribution in [3.05, 3.63) is 12.2 Å². The van der Waals surface area contributed by atoms with Gasteiger partial charge in [0.1, 0.15) is 24.9 Å². The maximum atomic E-state index is 13.2. The van der Waals surface area contributed by atoms with Crippen molar-refractivity contribution in [1.29, 1.82) is 0 Å². The highest BCUT2D eigenvalue weighted by Crippen LogP contribution is 2.37. The molecule has 0 aromatic carbocycles.